The molecule has 0 saturated carbocycles. The number of rotatable bonds is 4. The number of anilines is 1. The second kappa shape index (κ2) is 7.67. The van der Waals surface area contributed by atoms with Crippen LogP contribution in [0.4, 0.5) is 5.82 Å². The van der Waals surface area contributed by atoms with E-state index in [2.05, 4.69) is 18.3 Å². The predicted octanol–water partition coefficient (Wildman–Crippen LogP) is 3.68. The lowest BCUT2D eigenvalue weighted by atomic mass is 10.1. The van der Waals surface area contributed by atoms with Crippen molar-refractivity contribution in [2.24, 2.45) is 0 Å². The highest BCUT2D eigenvalue weighted by Crippen LogP contribution is 2.32. The van der Waals surface area contributed by atoms with E-state index in [0.29, 0.717) is 29.1 Å². The minimum absolute atomic E-state index is 0.0458. The molecule has 0 aliphatic carbocycles. The molecule has 1 saturated heterocycles. The lowest BCUT2D eigenvalue weighted by Crippen LogP contribution is -2.32. The zero-order valence-electron chi connectivity index (χ0n) is 17.7. The van der Waals surface area contributed by atoms with E-state index in [1.165, 1.54) is 0 Å². The van der Waals surface area contributed by atoms with Gasteiger partial charge < -0.3 is 15.8 Å². The van der Waals surface area contributed by atoms with Crippen molar-refractivity contribution >= 4 is 33.9 Å². The van der Waals surface area contributed by atoms with Gasteiger partial charge in [0, 0.05) is 13.2 Å². The zero-order valence-corrected chi connectivity index (χ0v) is 17.7. The molecule has 1 fully saturated rings. The first-order valence-electron chi connectivity index (χ1n) is 10.6. The Morgan fingerprint density at radius 2 is 1.94 bits per heavy atom. The van der Waals surface area contributed by atoms with Crippen LogP contribution in [0, 0.1) is 13.8 Å². The molecule has 2 aromatic heterocycles. The van der Waals surface area contributed by atoms with E-state index in [9.17, 15) is 4.79 Å². The van der Waals surface area contributed by atoms with Crippen molar-refractivity contribution in [3.05, 3.63) is 59.2 Å². The summed E-state index contributed by atoms with van der Waals surface area (Å²) in [4.78, 5) is 22.9. The summed E-state index contributed by atoms with van der Waals surface area (Å²) in [6, 6.07) is 13.7. The van der Waals surface area contributed by atoms with Crippen molar-refractivity contribution in [3.63, 3.8) is 0 Å². The molecule has 1 amide bonds. The molecule has 31 heavy (non-hydrogen) atoms. The van der Waals surface area contributed by atoms with Crippen LogP contribution in [0.2, 0.25) is 0 Å². The number of para-hydroxylation sites is 2. The number of ether oxygens (including phenoxy) is 1. The lowest BCUT2D eigenvalue weighted by molar-refractivity contribution is 0.0859. The summed E-state index contributed by atoms with van der Waals surface area (Å²) >= 11 is 0. The van der Waals surface area contributed by atoms with Crippen LogP contribution in [0.3, 0.4) is 0 Å². The summed E-state index contributed by atoms with van der Waals surface area (Å²) in [6.07, 6.45) is 2.01. The maximum Gasteiger partial charge on any atom is 0.257 e. The first-order valence-corrected chi connectivity index (χ1v) is 10.6. The van der Waals surface area contributed by atoms with Gasteiger partial charge in [-0.2, -0.15) is 0 Å². The number of nitrogens with zero attached hydrogens (tertiary/aromatic N) is 3. The van der Waals surface area contributed by atoms with Crippen molar-refractivity contribution in [1.29, 1.82) is 0 Å². The lowest BCUT2D eigenvalue weighted by Gasteiger charge is -2.13. The van der Waals surface area contributed by atoms with E-state index in [4.69, 9.17) is 20.4 Å². The van der Waals surface area contributed by atoms with Crippen LogP contribution in [0.5, 0.6) is 0 Å². The van der Waals surface area contributed by atoms with E-state index < -0.39 is 0 Å². The molecule has 2 aromatic carbocycles. The molecule has 158 valence electrons. The molecule has 0 radical (unpaired) electrons. The number of fused-ring (bicyclic) bond motifs is 2. The van der Waals surface area contributed by atoms with Crippen LogP contribution in [-0.2, 0) is 4.74 Å². The highest BCUT2D eigenvalue weighted by molar-refractivity contribution is 6.11. The normalized spacial score (nSPS) is 16.3. The number of aryl methyl sites for hydroxylation is 1. The number of amides is 1. The fourth-order valence-electron chi connectivity index (χ4n) is 4.21. The SMILES string of the molecule is Cc1cccc(-n2c(N)c(C(=O)NC[C@@H]3CCCO3)c3nc4ccccc4nc32)c1C. The Kier molecular flexibility index (Phi) is 4.82. The first kappa shape index (κ1) is 19.5. The van der Waals surface area contributed by atoms with Crippen molar-refractivity contribution in [3.8, 4) is 5.69 Å². The molecule has 3 heterocycles. The average molecular weight is 415 g/mol. The van der Waals surface area contributed by atoms with Gasteiger partial charge in [-0.15, -0.1) is 0 Å². The maximum absolute atomic E-state index is 13.2. The number of nitrogens with one attached hydrogen (secondary N) is 1. The molecular weight excluding hydrogens is 390 g/mol. The topological polar surface area (TPSA) is 95.1 Å². The number of hydrogen-bond acceptors (Lipinski definition) is 5. The second-order valence-electron chi connectivity index (χ2n) is 8.04. The van der Waals surface area contributed by atoms with Gasteiger partial charge in [0.15, 0.2) is 5.65 Å². The Bertz CT molecular complexity index is 1300. The third-order valence-corrected chi connectivity index (χ3v) is 6.06. The van der Waals surface area contributed by atoms with Crippen LogP contribution in [0.25, 0.3) is 27.9 Å². The molecule has 1 aliphatic heterocycles. The minimum atomic E-state index is -0.258. The fourth-order valence-corrected chi connectivity index (χ4v) is 4.21. The summed E-state index contributed by atoms with van der Waals surface area (Å²) in [6.45, 7) is 5.29. The summed E-state index contributed by atoms with van der Waals surface area (Å²) in [5.41, 5.74) is 12.6. The van der Waals surface area contributed by atoms with Crippen LogP contribution in [-0.4, -0.2) is 39.7 Å². The Balaban J connectivity index is 1.70. The number of hydrogen-bond donors (Lipinski definition) is 2. The van der Waals surface area contributed by atoms with Gasteiger partial charge in [-0.05, 0) is 56.0 Å². The Morgan fingerprint density at radius 3 is 2.68 bits per heavy atom. The van der Waals surface area contributed by atoms with Gasteiger partial charge in [-0.25, -0.2) is 9.97 Å². The molecule has 0 bridgehead atoms. The predicted molar refractivity (Wildman–Crippen MR) is 122 cm³/mol. The summed E-state index contributed by atoms with van der Waals surface area (Å²) in [5, 5.41) is 2.99. The Hall–Kier alpha value is -3.45. The van der Waals surface area contributed by atoms with Crippen molar-refractivity contribution in [1.82, 2.24) is 19.9 Å². The van der Waals surface area contributed by atoms with E-state index in [1.807, 2.05) is 47.9 Å². The van der Waals surface area contributed by atoms with Crippen LogP contribution in [0.15, 0.2) is 42.5 Å². The third-order valence-electron chi connectivity index (χ3n) is 6.06. The van der Waals surface area contributed by atoms with E-state index in [-0.39, 0.29) is 12.0 Å². The van der Waals surface area contributed by atoms with E-state index in [0.717, 1.165) is 47.3 Å². The van der Waals surface area contributed by atoms with Gasteiger partial charge in [0.1, 0.15) is 16.9 Å². The molecule has 7 nitrogen and oxygen atoms in total. The molecule has 0 spiro atoms. The van der Waals surface area contributed by atoms with Crippen LogP contribution >= 0.6 is 0 Å². The van der Waals surface area contributed by atoms with Gasteiger partial charge in [0.2, 0.25) is 0 Å². The molecule has 0 unspecified atom stereocenters. The smallest absolute Gasteiger partial charge is 0.257 e. The molecule has 7 heteroatoms. The minimum Gasteiger partial charge on any atom is -0.384 e. The van der Waals surface area contributed by atoms with Gasteiger partial charge in [-0.1, -0.05) is 24.3 Å². The molecule has 3 N–H and O–H groups in total. The highest BCUT2D eigenvalue weighted by Gasteiger charge is 2.26. The van der Waals surface area contributed by atoms with Crippen LogP contribution in [0.1, 0.15) is 34.3 Å². The van der Waals surface area contributed by atoms with Crippen molar-refractivity contribution < 1.29 is 9.53 Å². The number of nitrogen functional groups attached to an aromatic ring is 1. The monoisotopic (exact) mass is 415 g/mol. The largest absolute Gasteiger partial charge is 0.384 e. The second-order valence-corrected chi connectivity index (χ2v) is 8.04. The fraction of sp³-hybridized carbons (Fsp3) is 0.292. The standard InChI is InChI=1S/C24H25N5O2/c1-14-7-5-11-19(15(14)2)29-22(25)20(24(30)26-13-16-8-6-12-31-16)21-23(29)28-18-10-4-3-9-17(18)27-21/h3-5,7,9-11,16H,6,8,12-13,25H2,1-2H3,(H,26,30)/t16-/m0/s1. The summed E-state index contributed by atoms with van der Waals surface area (Å²) in [5.74, 6) is 0.0792. The maximum atomic E-state index is 13.2. The van der Waals surface area contributed by atoms with Crippen molar-refractivity contribution in [2.45, 2.75) is 32.8 Å². The molecule has 1 aliphatic rings. The number of aromatic nitrogens is 3. The van der Waals surface area contributed by atoms with Gasteiger partial charge in [0.05, 0.1) is 22.8 Å². The van der Waals surface area contributed by atoms with Crippen LogP contribution < -0.4 is 11.1 Å². The van der Waals surface area contributed by atoms with Gasteiger partial charge in [0.25, 0.3) is 5.91 Å². The van der Waals surface area contributed by atoms with E-state index in [1.54, 1.807) is 0 Å². The van der Waals surface area contributed by atoms with Gasteiger partial charge in [-0.3, -0.25) is 9.36 Å². The van der Waals surface area contributed by atoms with Crippen molar-refractivity contribution in [2.75, 3.05) is 18.9 Å². The number of benzene rings is 2. The third kappa shape index (κ3) is 3.31. The average Bonchev–Trinajstić information content (AvgIpc) is 3.38. The highest BCUT2D eigenvalue weighted by atomic mass is 16.5. The number of carbonyl (C=O) groups is 1. The number of nitrogens with two attached hydrogens (primary N) is 1. The quantitative estimate of drug-likeness (QED) is 0.530. The zero-order chi connectivity index (χ0) is 21.5. The van der Waals surface area contributed by atoms with Gasteiger partial charge >= 0.3 is 0 Å². The summed E-state index contributed by atoms with van der Waals surface area (Å²) in [7, 11) is 0. The van der Waals surface area contributed by atoms with E-state index >= 15 is 0 Å². The Morgan fingerprint density at radius 1 is 1.16 bits per heavy atom. The first-order chi connectivity index (χ1) is 15.0. The summed E-state index contributed by atoms with van der Waals surface area (Å²) < 4.78 is 7.48. The Labute approximate surface area is 180 Å². The number of carbonyl (C=O) groups excluding carboxylic acids is 1. The molecule has 5 rings (SSSR count). The molecule has 1 atom stereocenters. The molecule has 4 aromatic rings. The molecular formula is C24H25N5O2.